The highest BCUT2D eigenvalue weighted by molar-refractivity contribution is 5.76. The molecule has 0 aliphatic rings. The van der Waals surface area contributed by atoms with Crippen molar-refractivity contribution in [3.05, 3.63) is 11.9 Å². The number of hydrogen-bond acceptors (Lipinski definition) is 4. The average molecular weight is 210 g/mol. The summed E-state index contributed by atoms with van der Waals surface area (Å²) in [6, 6.07) is 0. The van der Waals surface area contributed by atoms with Gasteiger partial charge in [0.2, 0.25) is 5.91 Å². The van der Waals surface area contributed by atoms with Gasteiger partial charge in [-0.1, -0.05) is 18.6 Å². The molecule has 15 heavy (non-hydrogen) atoms. The van der Waals surface area contributed by atoms with Gasteiger partial charge in [0, 0.05) is 6.54 Å². The number of carbonyl (C=O) groups excluding carboxylic acids is 2. The van der Waals surface area contributed by atoms with E-state index in [1.54, 1.807) is 0 Å². The Morgan fingerprint density at radius 2 is 2.47 bits per heavy atom. The SMILES string of the molecule is CCCCNC(=O)Cn1cc(C=O)nn1. The first kappa shape index (κ1) is 11.4. The Morgan fingerprint density at radius 3 is 3.07 bits per heavy atom. The average Bonchev–Trinajstić information content (AvgIpc) is 2.66. The number of amides is 1. The minimum atomic E-state index is -0.120. The monoisotopic (exact) mass is 210 g/mol. The molecule has 6 nitrogen and oxygen atoms in total. The van der Waals surface area contributed by atoms with E-state index in [4.69, 9.17) is 0 Å². The second kappa shape index (κ2) is 5.90. The van der Waals surface area contributed by atoms with Gasteiger partial charge in [-0.3, -0.25) is 9.59 Å². The zero-order chi connectivity index (χ0) is 11.1. The van der Waals surface area contributed by atoms with Gasteiger partial charge >= 0.3 is 0 Å². The lowest BCUT2D eigenvalue weighted by Crippen LogP contribution is -2.28. The van der Waals surface area contributed by atoms with Gasteiger partial charge in [0.15, 0.2) is 6.29 Å². The van der Waals surface area contributed by atoms with Crippen LogP contribution in [0.4, 0.5) is 0 Å². The third kappa shape index (κ3) is 3.88. The van der Waals surface area contributed by atoms with Crippen LogP contribution in [0.2, 0.25) is 0 Å². The van der Waals surface area contributed by atoms with Crippen molar-refractivity contribution in [2.75, 3.05) is 6.54 Å². The maximum Gasteiger partial charge on any atom is 0.241 e. The van der Waals surface area contributed by atoms with Gasteiger partial charge in [0.05, 0.1) is 6.20 Å². The van der Waals surface area contributed by atoms with E-state index in [1.165, 1.54) is 10.9 Å². The summed E-state index contributed by atoms with van der Waals surface area (Å²) in [5.41, 5.74) is 0.233. The summed E-state index contributed by atoms with van der Waals surface area (Å²) in [6.07, 6.45) is 4.03. The van der Waals surface area contributed by atoms with Crippen LogP contribution < -0.4 is 5.32 Å². The van der Waals surface area contributed by atoms with Crippen LogP contribution in [0.3, 0.4) is 0 Å². The van der Waals surface area contributed by atoms with Crippen molar-refractivity contribution in [3.8, 4) is 0 Å². The Kier molecular flexibility index (Phi) is 4.46. The molecule has 1 rings (SSSR count). The van der Waals surface area contributed by atoms with Gasteiger partial charge in [-0.15, -0.1) is 5.10 Å². The number of aldehydes is 1. The Balaban J connectivity index is 2.34. The molecule has 1 aromatic heterocycles. The summed E-state index contributed by atoms with van der Waals surface area (Å²) in [5.74, 6) is -0.120. The van der Waals surface area contributed by atoms with E-state index in [2.05, 4.69) is 22.6 Å². The molecule has 1 amide bonds. The number of carbonyl (C=O) groups is 2. The van der Waals surface area contributed by atoms with E-state index in [0.717, 1.165) is 12.8 Å². The van der Waals surface area contributed by atoms with Crippen LogP contribution in [0.5, 0.6) is 0 Å². The van der Waals surface area contributed by atoms with Crippen molar-refractivity contribution in [3.63, 3.8) is 0 Å². The maximum atomic E-state index is 11.3. The minimum Gasteiger partial charge on any atom is -0.354 e. The lowest BCUT2D eigenvalue weighted by molar-refractivity contribution is -0.121. The van der Waals surface area contributed by atoms with E-state index in [9.17, 15) is 9.59 Å². The first-order chi connectivity index (χ1) is 7.26. The summed E-state index contributed by atoms with van der Waals surface area (Å²) >= 11 is 0. The number of nitrogens with zero attached hydrogens (tertiary/aromatic N) is 3. The molecule has 0 aliphatic carbocycles. The van der Waals surface area contributed by atoms with Crippen LogP contribution in [0.1, 0.15) is 30.3 Å². The normalized spacial score (nSPS) is 9.93. The predicted octanol–water partition coefficient (Wildman–Crippen LogP) is 0.00690. The van der Waals surface area contributed by atoms with Gasteiger partial charge in [-0.25, -0.2) is 4.68 Å². The molecule has 0 radical (unpaired) electrons. The zero-order valence-corrected chi connectivity index (χ0v) is 8.64. The van der Waals surface area contributed by atoms with Crippen LogP contribution in [0.25, 0.3) is 0 Å². The first-order valence-corrected chi connectivity index (χ1v) is 4.88. The first-order valence-electron chi connectivity index (χ1n) is 4.88. The number of aromatic nitrogens is 3. The summed E-state index contributed by atoms with van der Waals surface area (Å²) in [5, 5.41) is 9.92. The second-order valence-electron chi connectivity index (χ2n) is 3.16. The van der Waals surface area contributed by atoms with Gasteiger partial charge < -0.3 is 5.32 Å². The van der Waals surface area contributed by atoms with E-state index in [1.807, 2.05) is 0 Å². The molecule has 0 saturated carbocycles. The number of hydrogen-bond donors (Lipinski definition) is 1. The fraction of sp³-hybridized carbons (Fsp3) is 0.556. The van der Waals surface area contributed by atoms with Crippen molar-refractivity contribution in [2.45, 2.75) is 26.3 Å². The lowest BCUT2D eigenvalue weighted by atomic mass is 10.3. The van der Waals surface area contributed by atoms with E-state index >= 15 is 0 Å². The summed E-state index contributed by atoms with van der Waals surface area (Å²) in [6.45, 7) is 2.83. The fourth-order valence-corrected chi connectivity index (χ4v) is 1.05. The molecule has 82 valence electrons. The zero-order valence-electron chi connectivity index (χ0n) is 8.64. The standard InChI is InChI=1S/C9H14N4O2/c1-2-3-4-10-9(15)6-13-5-8(7-14)11-12-13/h5,7H,2-4,6H2,1H3,(H,10,15). The van der Waals surface area contributed by atoms with Gasteiger partial charge in [0.25, 0.3) is 0 Å². The molecule has 0 aliphatic heterocycles. The Bertz CT molecular complexity index is 335. The number of rotatable bonds is 6. The van der Waals surface area contributed by atoms with Crippen molar-refractivity contribution >= 4 is 12.2 Å². The molecule has 0 aromatic carbocycles. The lowest BCUT2D eigenvalue weighted by Gasteiger charge is -2.02. The van der Waals surface area contributed by atoms with Crippen LogP contribution in [-0.4, -0.2) is 33.7 Å². The molecule has 6 heteroatoms. The molecule has 0 saturated heterocycles. The minimum absolute atomic E-state index is 0.102. The highest BCUT2D eigenvalue weighted by Crippen LogP contribution is 1.89. The van der Waals surface area contributed by atoms with Crippen molar-refractivity contribution < 1.29 is 9.59 Å². The van der Waals surface area contributed by atoms with Gasteiger partial charge in [-0.2, -0.15) is 0 Å². The second-order valence-corrected chi connectivity index (χ2v) is 3.16. The molecule has 1 aromatic rings. The molecule has 1 N–H and O–H groups in total. The highest BCUT2D eigenvalue weighted by atomic mass is 16.2. The molecule has 0 atom stereocenters. The van der Waals surface area contributed by atoms with Crippen LogP contribution in [0, 0.1) is 0 Å². The van der Waals surface area contributed by atoms with Crippen molar-refractivity contribution in [2.24, 2.45) is 0 Å². The molecule has 1 heterocycles. The summed E-state index contributed by atoms with van der Waals surface area (Å²) < 4.78 is 1.34. The Labute approximate surface area is 87.7 Å². The highest BCUT2D eigenvalue weighted by Gasteiger charge is 2.04. The third-order valence-corrected chi connectivity index (χ3v) is 1.84. The Hall–Kier alpha value is -1.72. The summed E-state index contributed by atoms with van der Waals surface area (Å²) in [4.78, 5) is 21.6. The molecule has 0 unspecified atom stereocenters. The van der Waals surface area contributed by atoms with Gasteiger partial charge in [0.1, 0.15) is 12.2 Å². The van der Waals surface area contributed by atoms with E-state index < -0.39 is 0 Å². The van der Waals surface area contributed by atoms with Crippen LogP contribution >= 0.6 is 0 Å². The quantitative estimate of drug-likeness (QED) is 0.530. The number of unbranched alkanes of at least 4 members (excludes halogenated alkanes) is 1. The fourth-order valence-electron chi connectivity index (χ4n) is 1.05. The molecule has 0 spiro atoms. The summed E-state index contributed by atoms with van der Waals surface area (Å²) in [7, 11) is 0. The predicted molar refractivity (Wildman–Crippen MR) is 53.3 cm³/mol. The van der Waals surface area contributed by atoms with Crippen LogP contribution in [-0.2, 0) is 11.3 Å². The smallest absolute Gasteiger partial charge is 0.241 e. The van der Waals surface area contributed by atoms with Crippen molar-refractivity contribution in [1.82, 2.24) is 20.3 Å². The van der Waals surface area contributed by atoms with Gasteiger partial charge in [-0.05, 0) is 6.42 Å². The largest absolute Gasteiger partial charge is 0.354 e. The molecule has 0 bridgehead atoms. The molecular weight excluding hydrogens is 196 g/mol. The van der Waals surface area contributed by atoms with E-state index in [0.29, 0.717) is 12.8 Å². The Morgan fingerprint density at radius 1 is 1.67 bits per heavy atom. The van der Waals surface area contributed by atoms with Crippen molar-refractivity contribution in [1.29, 1.82) is 0 Å². The number of nitrogens with one attached hydrogen (secondary N) is 1. The van der Waals surface area contributed by atoms with E-state index in [-0.39, 0.29) is 18.1 Å². The maximum absolute atomic E-state index is 11.3. The molecular formula is C9H14N4O2. The topological polar surface area (TPSA) is 76.9 Å². The third-order valence-electron chi connectivity index (χ3n) is 1.84. The molecule has 0 fully saturated rings. The van der Waals surface area contributed by atoms with Crippen LogP contribution in [0.15, 0.2) is 6.20 Å².